The van der Waals surface area contributed by atoms with E-state index in [4.69, 9.17) is 4.74 Å². The molecule has 0 saturated carbocycles. The third kappa shape index (κ3) is 4.42. The fourth-order valence-electron chi connectivity index (χ4n) is 1.85. The van der Waals surface area contributed by atoms with E-state index in [1.54, 1.807) is 17.5 Å². The van der Waals surface area contributed by atoms with Gasteiger partial charge in [-0.05, 0) is 24.3 Å². The van der Waals surface area contributed by atoms with E-state index in [-0.39, 0.29) is 11.5 Å². The molecule has 7 nitrogen and oxygen atoms in total. The zero-order valence-electron chi connectivity index (χ0n) is 12.7. The highest BCUT2D eigenvalue weighted by Gasteiger charge is 2.13. The number of thiazole rings is 1. The minimum atomic E-state index is -0.741. The first-order valence-electron chi connectivity index (χ1n) is 7.06. The van der Waals surface area contributed by atoms with Gasteiger partial charge in [0, 0.05) is 23.3 Å². The molecule has 2 aromatic heterocycles. The summed E-state index contributed by atoms with van der Waals surface area (Å²) in [4.78, 5) is 35.3. The minimum absolute atomic E-state index is 0.0168. The summed E-state index contributed by atoms with van der Waals surface area (Å²) in [5, 5.41) is 4.61. The molecular formula is C16H11FN4O3S. The molecule has 0 spiro atoms. The first kappa shape index (κ1) is 16.7. The van der Waals surface area contributed by atoms with E-state index < -0.39 is 18.5 Å². The molecule has 1 aromatic carbocycles. The predicted molar refractivity (Wildman–Crippen MR) is 88.5 cm³/mol. The van der Waals surface area contributed by atoms with E-state index in [0.717, 1.165) is 5.56 Å². The number of nitrogens with zero attached hydrogens (tertiary/aromatic N) is 3. The molecule has 0 aliphatic carbocycles. The van der Waals surface area contributed by atoms with Crippen LogP contribution in [0.25, 0.3) is 11.3 Å². The second-order valence-electron chi connectivity index (χ2n) is 4.76. The smallest absolute Gasteiger partial charge is 0.359 e. The van der Waals surface area contributed by atoms with Crippen molar-refractivity contribution in [3.8, 4) is 11.3 Å². The maximum absolute atomic E-state index is 12.9. The number of rotatable bonds is 5. The number of benzene rings is 1. The average molecular weight is 358 g/mol. The number of hydrogen-bond donors (Lipinski definition) is 1. The van der Waals surface area contributed by atoms with Gasteiger partial charge >= 0.3 is 5.97 Å². The van der Waals surface area contributed by atoms with Gasteiger partial charge in [0.05, 0.1) is 11.9 Å². The van der Waals surface area contributed by atoms with E-state index in [1.165, 1.54) is 42.1 Å². The number of hydrogen-bond acceptors (Lipinski definition) is 7. The summed E-state index contributed by atoms with van der Waals surface area (Å²) < 4.78 is 17.8. The van der Waals surface area contributed by atoms with Crippen molar-refractivity contribution in [1.82, 2.24) is 15.0 Å². The second kappa shape index (κ2) is 7.58. The molecule has 0 aliphatic rings. The third-order valence-corrected chi connectivity index (χ3v) is 3.75. The van der Waals surface area contributed by atoms with Crippen LogP contribution in [0.1, 0.15) is 10.5 Å². The number of amides is 1. The normalized spacial score (nSPS) is 10.3. The fraction of sp³-hybridized carbons (Fsp3) is 0.0625. The van der Waals surface area contributed by atoms with Crippen LogP contribution in [0.2, 0.25) is 0 Å². The molecule has 3 rings (SSSR count). The first-order valence-corrected chi connectivity index (χ1v) is 7.94. The maximum Gasteiger partial charge on any atom is 0.359 e. The molecule has 126 valence electrons. The van der Waals surface area contributed by atoms with Gasteiger partial charge in [-0.2, -0.15) is 0 Å². The highest BCUT2D eigenvalue weighted by Crippen LogP contribution is 2.24. The Hall–Kier alpha value is -3.20. The van der Waals surface area contributed by atoms with Crippen molar-refractivity contribution in [2.75, 3.05) is 11.9 Å². The number of ether oxygens (including phenoxy) is 1. The van der Waals surface area contributed by atoms with Crippen molar-refractivity contribution in [3.63, 3.8) is 0 Å². The van der Waals surface area contributed by atoms with E-state index >= 15 is 0 Å². The SMILES string of the molecule is O=C(COC(=O)c1cnccn1)Nc1nc(-c2ccc(F)cc2)cs1. The summed E-state index contributed by atoms with van der Waals surface area (Å²) in [5.74, 6) is -1.61. The summed E-state index contributed by atoms with van der Waals surface area (Å²) in [6.07, 6.45) is 4.02. The van der Waals surface area contributed by atoms with E-state index in [1.807, 2.05) is 0 Å². The molecule has 1 amide bonds. The predicted octanol–water partition coefficient (Wildman–Crippen LogP) is 2.53. The average Bonchev–Trinajstić information content (AvgIpc) is 3.09. The second-order valence-corrected chi connectivity index (χ2v) is 5.62. The van der Waals surface area contributed by atoms with Crippen LogP contribution in [-0.4, -0.2) is 33.4 Å². The van der Waals surface area contributed by atoms with Crippen LogP contribution < -0.4 is 5.32 Å². The largest absolute Gasteiger partial charge is 0.451 e. The molecule has 3 aromatic rings. The van der Waals surface area contributed by atoms with Gasteiger partial charge in [0.25, 0.3) is 5.91 Å². The molecule has 0 saturated heterocycles. The van der Waals surface area contributed by atoms with Crippen LogP contribution in [0.4, 0.5) is 9.52 Å². The molecule has 0 unspecified atom stereocenters. The van der Waals surface area contributed by atoms with Gasteiger partial charge in [0.15, 0.2) is 17.4 Å². The van der Waals surface area contributed by atoms with Gasteiger partial charge < -0.3 is 4.74 Å². The number of anilines is 1. The van der Waals surface area contributed by atoms with Crippen LogP contribution in [0.15, 0.2) is 48.2 Å². The fourth-order valence-corrected chi connectivity index (χ4v) is 2.59. The Bertz CT molecular complexity index is 884. The number of esters is 1. The molecule has 0 atom stereocenters. The van der Waals surface area contributed by atoms with E-state index in [0.29, 0.717) is 10.8 Å². The van der Waals surface area contributed by atoms with Crippen LogP contribution in [0.5, 0.6) is 0 Å². The quantitative estimate of drug-likeness (QED) is 0.705. The molecule has 9 heteroatoms. The summed E-state index contributed by atoms with van der Waals surface area (Å²) >= 11 is 1.21. The summed E-state index contributed by atoms with van der Waals surface area (Å²) in [6, 6.07) is 5.86. The summed E-state index contributed by atoms with van der Waals surface area (Å²) in [6.45, 7) is -0.471. The highest BCUT2D eigenvalue weighted by atomic mass is 32.1. The number of nitrogens with one attached hydrogen (secondary N) is 1. The number of carbonyl (C=O) groups is 2. The molecule has 0 bridgehead atoms. The lowest BCUT2D eigenvalue weighted by Crippen LogP contribution is -2.21. The van der Waals surface area contributed by atoms with Crippen LogP contribution in [0.3, 0.4) is 0 Å². The Morgan fingerprint density at radius 1 is 1.20 bits per heavy atom. The Morgan fingerprint density at radius 3 is 2.72 bits per heavy atom. The van der Waals surface area contributed by atoms with Crippen molar-refractivity contribution in [3.05, 3.63) is 59.7 Å². The van der Waals surface area contributed by atoms with Gasteiger partial charge in [-0.1, -0.05) is 0 Å². The molecule has 0 aliphatic heterocycles. The number of halogens is 1. The van der Waals surface area contributed by atoms with Crippen molar-refractivity contribution in [2.24, 2.45) is 0 Å². The molecule has 25 heavy (non-hydrogen) atoms. The zero-order valence-corrected chi connectivity index (χ0v) is 13.5. The molecule has 2 heterocycles. The summed E-state index contributed by atoms with van der Waals surface area (Å²) in [5.41, 5.74) is 1.35. The molecule has 0 fully saturated rings. The van der Waals surface area contributed by atoms with Crippen molar-refractivity contribution >= 4 is 28.3 Å². The lowest BCUT2D eigenvalue weighted by molar-refractivity contribution is -0.119. The van der Waals surface area contributed by atoms with E-state index in [2.05, 4.69) is 20.3 Å². The van der Waals surface area contributed by atoms with Crippen molar-refractivity contribution in [1.29, 1.82) is 0 Å². The lowest BCUT2D eigenvalue weighted by Gasteiger charge is -2.03. The van der Waals surface area contributed by atoms with E-state index in [9.17, 15) is 14.0 Å². The van der Waals surface area contributed by atoms with Gasteiger partial charge in [0.2, 0.25) is 0 Å². The zero-order chi connectivity index (χ0) is 17.6. The van der Waals surface area contributed by atoms with Gasteiger partial charge in [0.1, 0.15) is 5.82 Å². The van der Waals surface area contributed by atoms with Crippen LogP contribution in [-0.2, 0) is 9.53 Å². The Morgan fingerprint density at radius 2 is 2.00 bits per heavy atom. The maximum atomic E-state index is 12.9. The molecule has 0 radical (unpaired) electrons. The topological polar surface area (TPSA) is 94.1 Å². The lowest BCUT2D eigenvalue weighted by atomic mass is 10.2. The summed E-state index contributed by atoms with van der Waals surface area (Å²) in [7, 11) is 0. The monoisotopic (exact) mass is 358 g/mol. The van der Waals surface area contributed by atoms with Crippen molar-refractivity contribution in [2.45, 2.75) is 0 Å². The Balaban J connectivity index is 1.55. The first-order chi connectivity index (χ1) is 12.1. The van der Waals surface area contributed by atoms with Gasteiger partial charge in [-0.15, -0.1) is 11.3 Å². The van der Waals surface area contributed by atoms with Crippen molar-refractivity contribution < 1.29 is 18.7 Å². The van der Waals surface area contributed by atoms with Crippen LogP contribution in [0, 0.1) is 5.82 Å². The number of carbonyl (C=O) groups excluding carboxylic acids is 2. The van der Waals surface area contributed by atoms with Gasteiger partial charge in [-0.3, -0.25) is 15.1 Å². The third-order valence-electron chi connectivity index (χ3n) is 3.00. The standard InChI is InChI=1S/C16H11FN4O3S/c17-11-3-1-10(2-4-11)13-9-25-16(20-13)21-14(22)8-24-15(23)12-7-18-5-6-19-12/h1-7,9H,8H2,(H,20,21,22). The molecule has 1 N–H and O–H groups in total. The highest BCUT2D eigenvalue weighted by molar-refractivity contribution is 7.14. The Labute approximate surface area is 145 Å². The van der Waals surface area contributed by atoms with Gasteiger partial charge in [-0.25, -0.2) is 19.2 Å². The van der Waals surface area contributed by atoms with Crippen LogP contribution >= 0.6 is 11.3 Å². The number of aromatic nitrogens is 3. The Kier molecular flexibility index (Phi) is 5.05. The minimum Gasteiger partial charge on any atom is -0.451 e. The molecular weight excluding hydrogens is 347 g/mol.